The minimum absolute atomic E-state index is 0. The predicted molar refractivity (Wildman–Crippen MR) is 103 cm³/mol. The highest BCUT2D eigenvalue weighted by Crippen LogP contribution is 2.44. The first-order valence-electron chi connectivity index (χ1n) is 7.99. The van der Waals surface area contributed by atoms with Crippen molar-refractivity contribution in [1.82, 2.24) is 0 Å². The van der Waals surface area contributed by atoms with Crippen LogP contribution in [-0.4, -0.2) is 18.9 Å². The molecule has 0 bridgehead atoms. The molecular formula is C18H41BS. The molecule has 0 radical (unpaired) electrons. The number of rotatable bonds is 6. The van der Waals surface area contributed by atoms with Crippen molar-refractivity contribution >= 4 is 20.2 Å². The Morgan fingerprint density at radius 1 is 0.650 bits per heavy atom. The molecule has 0 saturated heterocycles. The van der Waals surface area contributed by atoms with E-state index in [1.54, 1.807) is 0 Å². The SMILES string of the molecule is B.CC(C)CC(SC(CC(C)C)C(C)(C)C)C(C)(C)C. The van der Waals surface area contributed by atoms with Crippen molar-refractivity contribution in [3.63, 3.8) is 0 Å². The van der Waals surface area contributed by atoms with E-state index in [1.807, 2.05) is 0 Å². The molecular weight excluding hydrogens is 259 g/mol. The van der Waals surface area contributed by atoms with Gasteiger partial charge in [-0.25, -0.2) is 0 Å². The largest absolute Gasteiger partial charge is 0.154 e. The number of hydrogen-bond acceptors (Lipinski definition) is 1. The lowest BCUT2D eigenvalue weighted by Crippen LogP contribution is -2.33. The Labute approximate surface area is 135 Å². The van der Waals surface area contributed by atoms with E-state index in [-0.39, 0.29) is 8.41 Å². The number of thioether (sulfide) groups is 1. The van der Waals surface area contributed by atoms with Gasteiger partial charge in [-0.2, -0.15) is 11.8 Å². The summed E-state index contributed by atoms with van der Waals surface area (Å²) in [6, 6.07) is 0. The molecule has 2 unspecified atom stereocenters. The van der Waals surface area contributed by atoms with E-state index in [2.05, 4.69) is 81.0 Å². The summed E-state index contributed by atoms with van der Waals surface area (Å²) >= 11 is 2.26. The molecule has 2 heteroatoms. The van der Waals surface area contributed by atoms with Gasteiger partial charge in [-0.15, -0.1) is 0 Å². The highest BCUT2D eigenvalue weighted by molar-refractivity contribution is 8.00. The molecule has 0 amide bonds. The van der Waals surface area contributed by atoms with E-state index in [0.29, 0.717) is 10.8 Å². The summed E-state index contributed by atoms with van der Waals surface area (Å²) < 4.78 is 0. The molecule has 0 rings (SSSR count). The highest BCUT2D eigenvalue weighted by Gasteiger charge is 2.33. The summed E-state index contributed by atoms with van der Waals surface area (Å²) in [6.45, 7) is 23.8. The van der Waals surface area contributed by atoms with Crippen LogP contribution in [0.5, 0.6) is 0 Å². The maximum absolute atomic E-state index is 2.40. The molecule has 0 aliphatic carbocycles. The molecule has 0 N–H and O–H groups in total. The average Bonchev–Trinajstić information content (AvgIpc) is 2.10. The van der Waals surface area contributed by atoms with E-state index in [4.69, 9.17) is 0 Å². The van der Waals surface area contributed by atoms with Crippen molar-refractivity contribution in [3.05, 3.63) is 0 Å². The van der Waals surface area contributed by atoms with Crippen LogP contribution < -0.4 is 0 Å². The molecule has 0 aromatic rings. The second-order valence-corrected chi connectivity index (χ2v) is 10.5. The Kier molecular flexibility index (Phi) is 9.94. The van der Waals surface area contributed by atoms with Gasteiger partial charge in [-0.3, -0.25) is 0 Å². The predicted octanol–water partition coefficient (Wildman–Crippen LogP) is 5.46. The third-order valence-corrected chi connectivity index (χ3v) is 6.09. The standard InChI is InChI=1S/C18H38S.BH3/c1-13(2)11-15(17(5,6)7)19-16(12-14(3)4)18(8,9)10;/h13-16H,11-12H2,1-10H3;1H3. The zero-order valence-electron chi connectivity index (χ0n) is 15.1. The summed E-state index contributed by atoms with van der Waals surface area (Å²) in [7, 11) is 0. The molecule has 0 aliphatic heterocycles. The van der Waals surface area contributed by atoms with Crippen LogP contribution in [0.25, 0.3) is 0 Å². The van der Waals surface area contributed by atoms with Gasteiger partial charge in [-0.1, -0.05) is 69.2 Å². The molecule has 2 atom stereocenters. The second-order valence-electron chi connectivity index (χ2n) is 9.10. The van der Waals surface area contributed by atoms with Crippen LogP contribution in [0.3, 0.4) is 0 Å². The highest BCUT2D eigenvalue weighted by atomic mass is 32.2. The van der Waals surface area contributed by atoms with Crippen molar-refractivity contribution in [2.45, 2.75) is 92.6 Å². The van der Waals surface area contributed by atoms with Gasteiger partial charge in [0.25, 0.3) is 0 Å². The monoisotopic (exact) mass is 300 g/mol. The molecule has 0 saturated carbocycles. The van der Waals surface area contributed by atoms with Crippen molar-refractivity contribution in [3.8, 4) is 0 Å². The van der Waals surface area contributed by atoms with E-state index in [1.165, 1.54) is 12.8 Å². The van der Waals surface area contributed by atoms with E-state index >= 15 is 0 Å². The van der Waals surface area contributed by atoms with Gasteiger partial charge in [0.05, 0.1) is 8.41 Å². The summed E-state index contributed by atoms with van der Waals surface area (Å²) in [5.41, 5.74) is 0.796. The fourth-order valence-corrected chi connectivity index (χ4v) is 4.49. The van der Waals surface area contributed by atoms with Gasteiger partial charge < -0.3 is 0 Å². The Morgan fingerprint density at radius 3 is 1.05 bits per heavy atom. The normalized spacial score (nSPS) is 16.2. The Morgan fingerprint density at radius 2 is 0.900 bits per heavy atom. The first kappa shape index (κ1) is 22.7. The molecule has 0 spiro atoms. The Bertz CT molecular complexity index is 219. The minimum Gasteiger partial charge on any atom is -0.154 e. The van der Waals surface area contributed by atoms with Crippen LogP contribution in [0, 0.1) is 22.7 Å². The van der Waals surface area contributed by atoms with Gasteiger partial charge in [0.2, 0.25) is 0 Å². The lowest BCUT2D eigenvalue weighted by Gasteiger charge is -2.39. The molecule has 0 nitrogen and oxygen atoms in total. The van der Waals surface area contributed by atoms with Gasteiger partial charge in [0, 0.05) is 10.5 Å². The van der Waals surface area contributed by atoms with Crippen LogP contribution in [0.4, 0.5) is 0 Å². The van der Waals surface area contributed by atoms with Crippen LogP contribution in [0.2, 0.25) is 0 Å². The fraction of sp³-hybridized carbons (Fsp3) is 1.00. The third-order valence-electron chi connectivity index (χ3n) is 3.63. The van der Waals surface area contributed by atoms with Crippen molar-refractivity contribution in [1.29, 1.82) is 0 Å². The van der Waals surface area contributed by atoms with Crippen LogP contribution >= 0.6 is 11.8 Å². The smallest absolute Gasteiger partial charge is 0.0814 e. The number of hydrogen-bond donors (Lipinski definition) is 0. The molecule has 122 valence electrons. The average molecular weight is 300 g/mol. The van der Waals surface area contributed by atoms with Crippen molar-refractivity contribution < 1.29 is 0 Å². The lowest BCUT2D eigenvalue weighted by molar-refractivity contribution is 0.329. The lowest BCUT2D eigenvalue weighted by atomic mass is 9.86. The maximum atomic E-state index is 2.40. The van der Waals surface area contributed by atoms with E-state index in [9.17, 15) is 0 Å². The van der Waals surface area contributed by atoms with Crippen molar-refractivity contribution in [2.75, 3.05) is 0 Å². The summed E-state index contributed by atoms with van der Waals surface area (Å²) in [6.07, 6.45) is 2.66. The van der Waals surface area contributed by atoms with E-state index < -0.39 is 0 Å². The van der Waals surface area contributed by atoms with Gasteiger partial charge >= 0.3 is 0 Å². The molecule has 0 fully saturated rings. The molecule has 20 heavy (non-hydrogen) atoms. The molecule has 0 aromatic carbocycles. The quantitative estimate of drug-likeness (QED) is 0.587. The van der Waals surface area contributed by atoms with Crippen LogP contribution in [0.1, 0.15) is 82.1 Å². The topological polar surface area (TPSA) is 0 Å². The Hall–Kier alpha value is 0.415. The summed E-state index contributed by atoms with van der Waals surface area (Å²) in [5.74, 6) is 1.58. The zero-order chi connectivity index (χ0) is 15.4. The fourth-order valence-electron chi connectivity index (χ4n) is 2.28. The van der Waals surface area contributed by atoms with Crippen LogP contribution in [-0.2, 0) is 0 Å². The molecule has 0 heterocycles. The van der Waals surface area contributed by atoms with Gasteiger partial charge in [0.15, 0.2) is 0 Å². The van der Waals surface area contributed by atoms with Gasteiger partial charge in [0.1, 0.15) is 0 Å². The maximum Gasteiger partial charge on any atom is 0.0814 e. The first-order chi connectivity index (χ1) is 8.34. The van der Waals surface area contributed by atoms with Gasteiger partial charge in [-0.05, 0) is 35.5 Å². The third kappa shape index (κ3) is 9.37. The Balaban J connectivity index is 0. The zero-order valence-corrected chi connectivity index (χ0v) is 15.9. The van der Waals surface area contributed by atoms with E-state index in [0.717, 1.165) is 22.3 Å². The summed E-state index contributed by atoms with van der Waals surface area (Å²) in [5, 5.41) is 1.52. The minimum atomic E-state index is 0. The first-order valence-corrected chi connectivity index (χ1v) is 8.93. The summed E-state index contributed by atoms with van der Waals surface area (Å²) in [4.78, 5) is 0. The molecule has 0 aromatic heterocycles. The van der Waals surface area contributed by atoms with Crippen molar-refractivity contribution in [2.24, 2.45) is 22.7 Å². The second kappa shape index (κ2) is 8.76. The van der Waals surface area contributed by atoms with Crippen LogP contribution in [0.15, 0.2) is 0 Å². The molecule has 0 aliphatic rings.